The Balaban J connectivity index is 1.65. The summed E-state index contributed by atoms with van der Waals surface area (Å²) in [6.07, 6.45) is 7.87. The lowest BCUT2D eigenvalue weighted by molar-refractivity contribution is -0.164. The number of aliphatic hydroxyl groups excluding tert-OH is 2. The van der Waals surface area contributed by atoms with E-state index in [9.17, 15) is 15.3 Å². The topological polar surface area (TPSA) is 60.7 Å². The molecule has 3 nitrogen and oxygen atoms in total. The van der Waals surface area contributed by atoms with E-state index in [0.29, 0.717) is 29.1 Å². The molecule has 4 rings (SSSR count). The maximum Gasteiger partial charge on any atom is 0.0933 e. The van der Waals surface area contributed by atoms with Gasteiger partial charge in [-0.15, -0.1) is 0 Å². The fourth-order valence-corrected chi connectivity index (χ4v) is 7.47. The maximum absolute atomic E-state index is 11.0. The first-order valence-corrected chi connectivity index (χ1v) is 9.78. The fraction of sp³-hybridized carbons (Fsp3) is 1.00. The van der Waals surface area contributed by atoms with E-state index in [1.165, 1.54) is 19.3 Å². The molecule has 0 aromatic rings. The van der Waals surface area contributed by atoms with Gasteiger partial charge in [-0.3, -0.25) is 0 Å². The van der Waals surface area contributed by atoms with E-state index in [-0.39, 0.29) is 11.5 Å². The van der Waals surface area contributed by atoms with Gasteiger partial charge in [-0.25, -0.2) is 0 Å². The van der Waals surface area contributed by atoms with Crippen molar-refractivity contribution in [2.45, 2.75) is 89.9 Å². The molecule has 0 aromatic carbocycles. The Kier molecular flexibility index (Phi) is 3.52. The first kappa shape index (κ1) is 16.4. The normalized spacial score (nSPS) is 62.3. The molecule has 0 saturated heterocycles. The van der Waals surface area contributed by atoms with Crippen LogP contribution in [0.4, 0.5) is 0 Å². The van der Waals surface area contributed by atoms with Crippen LogP contribution in [0.5, 0.6) is 0 Å². The van der Waals surface area contributed by atoms with Crippen LogP contribution in [-0.2, 0) is 0 Å². The van der Waals surface area contributed by atoms with Crippen LogP contribution in [0.2, 0.25) is 0 Å². The van der Waals surface area contributed by atoms with Crippen molar-refractivity contribution < 1.29 is 15.3 Å². The quantitative estimate of drug-likeness (QED) is 0.642. The highest BCUT2D eigenvalue weighted by atomic mass is 16.3. The third kappa shape index (κ3) is 1.99. The molecule has 23 heavy (non-hydrogen) atoms. The van der Waals surface area contributed by atoms with Crippen molar-refractivity contribution in [3.05, 3.63) is 0 Å². The smallest absolute Gasteiger partial charge is 0.0933 e. The zero-order valence-electron chi connectivity index (χ0n) is 15.0. The van der Waals surface area contributed by atoms with Gasteiger partial charge in [0.05, 0.1) is 17.8 Å². The summed E-state index contributed by atoms with van der Waals surface area (Å²) in [5.74, 6) is 2.49. The SMILES string of the molecule is C[C@]12CC[C@H](O)C[C@@H]1CC[C@@H]1[C@@H]2CC[C@@]2(C)[C@H]1C[C@H](O)[C@]2(C)O. The number of hydrogen-bond donors (Lipinski definition) is 3. The van der Waals surface area contributed by atoms with Crippen LogP contribution in [0.25, 0.3) is 0 Å². The van der Waals surface area contributed by atoms with Gasteiger partial charge >= 0.3 is 0 Å². The first-order chi connectivity index (χ1) is 10.7. The van der Waals surface area contributed by atoms with E-state index in [2.05, 4.69) is 13.8 Å². The van der Waals surface area contributed by atoms with Gasteiger partial charge < -0.3 is 15.3 Å². The van der Waals surface area contributed by atoms with Gasteiger partial charge in [-0.1, -0.05) is 13.8 Å². The monoisotopic (exact) mass is 322 g/mol. The molecule has 132 valence electrons. The molecule has 0 amide bonds. The minimum Gasteiger partial charge on any atom is -0.393 e. The van der Waals surface area contributed by atoms with Crippen molar-refractivity contribution in [2.24, 2.45) is 34.5 Å². The number of rotatable bonds is 0. The first-order valence-electron chi connectivity index (χ1n) is 9.78. The highest BCUT2D eigenvalue weighted by Crippen LogP contribution is 2.68. The van der Waals surface area contributed by atoms with Gasteiger partial charge in [-0.2, -0.15) is 0 Å². The van der Waals surface area contributed by atoms with Gasteiger partial charge in [0.1, 0.15) is 0 Å². The van der Waals surface area contributed by atoms with Crippen LogP contribution < -0.4 is 0 Å². The second-order valence-corrected chi connectivity index (χ2v) is 9.94. The van der Waals surface area contributed by atoms with Gasteiger partial charge in [0.25, 0.3) is 0 Å². The molecular formula is C20H34O3. The molecule has 4 aliphatic carbocycles. The maximum atomic E-state index is 11.0. The third-order valence-electron chi connectivity index (χ3n) is 9.31. The van der Waals surface area contributed by atoms with Gasteiger partial charge in [0, 0.05) is 5.41 Å². The molecule has 0 unspecified atom stereocenters. The molecule has 0 aromatic heterocycles. The minimum atomic E-state index is -0.941. The lowest BCUT2D eigenvalue weighted by Crippen LogP contribution is -2.57. The number of fused-ring (bicyclic) bond motifs is 5. The summed E-state index contributed by atoms with van der Waals surface area (Å²) < 4.78 is 0. The summed E-state index contributed by atoms with van der Waals surface area (Å²) in [5.41, 5.74) is -0.711. The van der Waals surface area contributed by atoms with E-state index in [1.54, 1.807) is 0 Å². The predicted molar refractivity (Wildman–Crippen MR) is 89.7 cm³/mol. The Morgan fingerprint density at radius 1 is 0.826 bits per heavy atom. The van der Waals surface area contributed by atoms with E-state index >= 15 is 0 Å². The summed E-state index contributed by atoms with van der Waals surface area (Å²) in [6.45, 7) is 6.57. The molecule has 4 aliphatic rings. The summed E-state index contributed by atoms with van der Waals surface area (Å²) in [6, 6.07) is 0. The predicted octanol–water partition coefficient (Wildman–Crippen LogP) is 3.11. The highest BCUT2D eigenvalue weighted by Gasteiger charge is 2.66. The van der Waals surface area contributed by atoms with E-state index in [1.807, 2.05) is 6.92 Å². The average molecular weight is 322 g/mol. The molecule has 3 heteroatoms. The molecule has 0 aliphatic heterocycles. The van der Waals surface area contributed by atoms with Crippen LogP contribution in [0, 0.1) is 34.5 Å². The van der Waals surface area contributed by atoms with Crippen LogP contribution in [-0.4, -0.2) is 33.1 Å². The van der Waals surface area contributed by atoms with Crippen LogP contribution >= 0.6 is 0 Å². The fourth-order valence-electron chi connectivity index (χ4n) is 7.47. The largest absolute Gasteiger partial charge is 0.393 e. The zero-order chi connectivity index (χ0) is 16.6. The van der Waals surface area contributed by atoms with Crippen LogP contribution in [0.15, 0.2) is 0 Å². The molecular weight excluding hydrogens is 288 g/mol. The van der Waals surface area contributed by atoms with Gasteiger partial charge in [0.15, 0.2) is 0 Å². The molecule has 0 spiro atoms. The van der Waals surface area contributed by atoms with Gasteiger partial charge in [-0.05, 0) is 87.4 Å². The summed E-state index contributed by atoms with van der Waals surface area (Å²) in [7, 11) is 0. The molecule has 0 radical (unpaired) electrons. The highest BCUT2D eigenvalue weighted by molar-refractivity contribution is 5.15. The van der Waals surface area contributed by atoms with E-state index in [0.717, 1.165) is 32.1 Å². The number of aliphatic hydroxyl groups is 3. The molecule has 3 N–H and O–H groups in total. The second-order valence-electron chi connectivity index (χ2n) is 9.94. The molecule has 0 heterocycles. The Morgan fingerprint density at radius 2 is 1.57 bits per heavy atom. The second kappa shape index (κ2) is 4.95. The lowest BCUT2D eigenvalue weighted by atomic mass is 9.44. The Labute approximate surface area is 140 Å². The van der Waals surface area contributed by atoms with Gasteiger partial charge in [0.2, 0.25) is 0 Å². The Morgan fingerprint density at radius 3 is 2.30 bits per heavy atom. The van der Waals surface area contributed by atoms with Crippen molar-refractivity contribution in [3.63, 3.8) is 0 Å². The number of hydrogen-bond acceptors (Lipinski definition) is 3. The molecule has 0 bridgehead atoms. The van der Waals surface area contributed by atoms with E-state index < -0.39 is 11.7 Å². The molecule has 4 fully saturated rings. The zero-order valence-corrected chi connectivity index (χ0v) is 15.0. The van der Waals surface area contributed by atoms with E-state index in [4.69, 9.17) is 0 Å². The third-order valence-corrected chi connectivity index (χ3v) is 9.31. The lowest BCUT2D eigenvalue weighted by Gasteiger charge is -2.61. The van der Waals surface area contributed by atoms with Crippen molar-refractivity contribution in [1.82, 2.24) is 0 Å². The van der Waals surface area contributed by atoms with Crippen molar-refractivity contribution >= 4 is 0 Å². The summed E-state index contributed by atoms with van der Waals surface area (Å²) >= 11 is 0. The Bertz CT molecular complexity index is 489. The van der Waals surface area contributed by atoms with Crippen molar-refractivity contribution in [3.8, 4) is 0 Å². The molecule has 9 atom stereocenters. The average Bonchev–Trinajstić information content (AvgIpc) is 2.67. The molecule has 4 saturated carbocycles. The summed E-state index contributed by atoms with van der Waals surface area (Å²) in [4.78, 5) is 0. The van der Waals surface area contributed by atoms with Crippen molar-refractivity contribution in [2.75, 3.05) is 0 Å². The van der Waals surface area contributed by atoms with Crippen molar-refractivity contribution in [1.29, 1.82) is 0 Å². The minimum absolute atomic E-state index is 0.0903. The standard InChI is InChI=1S/C20H34O3/c1-18-8-6-13(21)10-12(18)4-5-14-15(18)7-9-19(2)16(14)11-17(22)20(19,3)23/h12-17,21-23H,4-11H2,1-3H3/t12-,13-,14+,15-,16-,17-,18-,19-,20-/m0/s1. The summed E-state index contributed by atoms with van der Waals surface area (Å²) in [5, 5.41) is 31.5. The van der Waals surface area contributed by atoms with Crippen LogP contribution in [0.1, 0.15) is 72.1 Å². The van der Waals surface area contributed by atoms with Crippen LogP contribution in [0.3, 0.4) is 0 Å². The Hall–Kier alpha value is -0.120.